The summed E-state index contributed by atoms with van der Waals surface area (Å²) in [6.45, 7) is 2.57. The van der Waals surface area contributed by atoms with Gasteiger partial charge in [0.2, 0.25) is 0 Å². The van der Waals surface area contributed by atoms with Gasteiger partial charge in [-0.2, -0.15) is 0 Å². The zero-order valence-corrected chi connectivity index (χ0v) is 13.6. The van der Waals surface area contributed by atoms with E-state index >= 15 is 0 Å². The van der Waals surface area contributed by atoms with E-state index in [2.05, 4.69) is 6.92 Å². The standard InChI is InChI=1S/C15H17NO3S2/c1-11-8-12-5-6-13(19-2)9-14(12)16(10-11)21(17,18)15-4-3-7-20-15/h3-7,9,11H,8,10H2,1-2H3. The number of anilines is 1. The number of nitrogens with zero attached hydrogens (tertiary/aromatic N) is 1. The highest BCUT2D eigenvalue weighted by Gasteiger charge is 2.32. The van der Waals surface area contributed by atoms with Gasteiger partial charge in [-0.05, 0) is 35.4 Å². The summed E-state index contributed by atoms with van der Waals surface area (Å²) >= 11 is 1.25. The third kappa shape index (κ3) is 2.53. The van der Waals surface area contributed by atoms with Gasteiger partial charge in [0.15, 0.2) is 0 Å². The SMILES string of the molecule is COc1ccc2c(c1)N(S(=O)(=O)c1cccs1)CC(C)C2. The van der Waals surface area contributed by atoms with E-state index in [9.17, 15) is 8.42 Å². The van der Waals surface area contributed by atoms with E-state index in [1.807, 2.05) is 18.2 Å². The fraction of sp³-hybridized carbons (Fsp3) is 0.333. The Hall–Kier alpha value is -1.53. The molecule has 1 atom stereocenters. The summed E-state index contributed by atoms with van der Waals surface area (Å²) in [4.78, 5) is 0. The van der Waals surface area contributed by atoms with Crippen LogP contribution in [-0.2, 0) is 16.4 Å². The second kappa shape index (κ2) is 5.35. The van der Waals surface area contributed by atoms with Crippen LogP contribution in [0.15, 0.2) is 39.9 Å². The Morgan fingerprint density at radius 3 is 2.81 bits per heavy atom. The lowest BCUT2D eigenvalue weighted by Gasteiger charge is -2.33. The fourth-order valence-electron chi connectivity index (χ4n) is 2.64. The molecule has 3 rings (SSSR count). The summed E-state index contributed by atoms with van der Waals surface area (Å²) in [7, 11) is -1.91. The van der Waals surface area contributed by atoms with Gasteiger partial charge in [0.05, 0.1) is 12.8 Å². The van der Waals surface area contributed by atoms with E-state index in [0.29, 0.717) is 22.4 Å². The summed E-state index contributed by atoms with van der Waals surface area (Å²) in [6, 6.07) is 9.07. The van der Waals surface area contributed by atoms with Crippen molar-refractivity contribution in [1.29, 1.82) is 0 Å². The summed E-state index contributed by atoms with van der Waals surface area (Å²) in [6.07, 6.45) is 0.885. The lowest BCUT2D eigenvalue weighted by atomic mass is 9.95. The Bertz CT molecular complexity index is 738. The molecule has 0 N–H and O–H groups in total. The van der Waals surface area contributed by atoms with Gasteiger partial charge in [-0.1, -0.05) is 19.1 Å². The van der Waals surface area contributed by atoms with E-state index in [4.69, 9.17) is 4.74 Å². The number of hydrogen-bond donors (Lipinski definition) is 0. The maximum atomic E-state index is 12.9. The molecule has 1 aromatic carbocycles. The van der Waals surface area contributed by atoms with E-state index in [1.165, 1.54) is 15.6 Å². The van der Waals surface area contributed by atoms with Crippen molar-refractivity contribution < 1.29 is 13.2 Å². The number of sulfonamides is 1. The zero-order chi connectivity index (χ0) is 15.0. The number of thiophene rings is 1. The van der Waals surface area contributed by atoms with Crippen LogP contribution in [0, 0.1) is 5.92 Å². The van der Waals surface area contributed by atoms with Crippen molar-refractivity contribution in [3.8, 4) is 5.75 Å². The quantitative estimate of drug-likeness (QED) is 0.872. The molecule has 6 heteroatoms. The van der Waals surface area contributed by atoms with Crippen LogP contribution in [0.2, 0.25) is 0 Å². The molecule has 0 aliphatic carbocycles. The molecule has 21 heavy (non-hydrogen) atoms. The minimum Gasteiger partial charge on any atom is -0.497 e. The largest absolute Gasteiger partial charge is 0.497 e. The molecule has 1 unspecified atom stereocenters. The molecule has 4 nitrogen and oxygen atoms in total. The minimum atomic E-state index is -3.49. The Morgan fingerprint density at radius 1 is 1.33 bits per heavy atom. The lowest BCUT2D eigenvalue weighted by molar-refractivity contribution is 0.414. The number of methoxy groups -OCH3 is 1. The molecule has 2 aromatic rings. The first-order valence-corrected chi connectivity index (χ1v) is 9.07. The van der Waals surface area contributed by atoms with Crippen molar-refractivity contribution in [2.24, 2.45) is 5.92 Å². The van der Waals surface area contributed by atoms with Crippen LogP contribution >= 0.6 is 11.3 Å². The van der Waals surface area contributed by atoms with Gasteiger partial charge in [0, 0.05) is 12.6 Å². The molecule has 2 heterocycles. The summed E-state index contributed by atoms with van der Waals surface area (Å²) < 4.78 is 32.8. The van der Waals surface area contributed by atoms with E-state index in [0.717, 1.165) is 17.7 Å². The maximum absolute atomic E-state index is 12.9. The lowest BCUT2D eigenvalue weighted by Crippen LogP contribution is -2.38. The molecule has 0 saturated heterocycles. The fourth-order valence-corrected chi connectivity index (χ4v) is 5.36. The molecule has 0 spiro atoms. The predicted molar refractivity (Wildman–Crippen MR) is 84.7 cm³/mol. The van der Waals surface area contributed by atoms with Crippen LogP contribution < -0.4 is 9.04 Å². The van der Waals surface area contributed by atoms with Crippen molar-refractivity contribution in [2.75, 3.05) is 18.0 Å². The Morgan fingerprint density at radius 2 is 2.14 bits per heavy atom. The van der Waals surface area contributed by atoms with E-state index < -0.39 is 10.0 Å². The van der Waals surface area contributed by atoms with Gasteiger partial charge >= 0.3 is 0 Å². The van der Waals surface area contributed by atoms with Gasteiger partial charge in [0.25, 0.3) is 10.0 Å². The van der Waals surface area contributed by atoms with Gasteiger partial charge < -0.3 is 4.74 Å². The molecule has 1 aromatic heterocycles. The topological polar surface area (TPSA) is 46.6 Å². The second-order valence-electron chi connectivity index (χ2n) is 5.27. The molecule has 1 aliphatic rings. The molecule has 0 bridgehead atoms. The van der Waals surface area contributed by atoms with Gasteiger partial charge in [-0.15, -0.1) is 11.3 Å². The zero-order valence-electron chi connectivity index (χ0n) is 11.9. The third-order valence-electron chi connectivity index (χ3n) is 3.65. The number of hydrogen-bond acceptors (Lipinski definition) is 4. The highest BCUT2D eigenvalue weighted by Crippen LogP contribution is 2.37. The Labute approximate surface area is 129 Å². The highest BCUT2D eigenvalue weighted by atomic mass is 32.2. The van der Waals surface area contributed by atoms with Crippen LogP contribution in [0.25, 0.3) is 0 Å². The number of ether oxygens (including phenoxy) is 1. The summed E-state index contributed by atoms with van der Waals surface area (Å²) in [5, 5.41) is 1.78. The average molecular weight is 323 g/mol. The smallest absolute Gasteiger partial charge is 0.273 e. The minimum absolute atomic E-state index is 0.292. The van der Waals surface area contributed by atoms with Crippen molar-refractivity contribution >= 4 is 27.0 Å². The average Bonchev–Trinajstić information content (AvgIpc) is 3.00. The number of benzene rings is 1. The molecular formula is C15H17NO3S2. The molecule has 0 radical (unpaired) electrons. The molecule has 112 valence electrons. The molecular weight excluding hydrogens is 306 g/mol. The van der Waals surface area contributed by atoms with Crippen molar-refractivity contribution in [1.82, 2.24) is 0 Å². The summed E-state index contributed by atoms with van der Waals surface area (Å²) in [5.74, 6) is 0.968. The number of rotatable bonds is 3. The van der Waals surface area contributed by atoms with Crippen molar-refractivity contribution in [3.63, 3.8) is 0 Å². The first kappa shape index (κ1) is 14.4. The summed E-state index contributed by atoms with van der Waals surface area (Å²) in [5.41, 5.74) is 1.79. The normalized spacial score (nSPS) is 18.4. The predicted octanol–water partition coefficient (Wildman–Crippen LogP) is 3.14. The van der Waals surface area contributed by atoms with E-state index in [-0.39, 0.29) is 0 Å². The Balaban J connectivity index is 2.12. The number of fused-ring (bicyclic) bond motifs is 1. The highest BCUT2D eigenvalue weighted by molar-refractivity contribution is 7.94. The van der Waals surface area contributed by atoms with Gasteiger partial charge in [-0.25, -0.2) is 8.42 Å². The molecule has 0 amide bonds. The maximum Gasteiger partial charge on any atom is 0.273 e. The van der Waals surface area contributed by atoms with Crippen LogP contribution in [0.5, 0.6) is 5.75 Å². The van der Waals surface area contributed by atoms with Crippen LogP contribution in [0.1, 0.15) is 12.5 Å². The second-order valence-corrected chi connectivity index (χ2v) is 8.31. The third-order valence-corrected chi connectivity index (χ3v) is 6.80. The monoisotopic (exact) mass is 323 g/mol. The van der Waals surface area contributed by atoms with Gasteiger partial charge in [0.1, 0.15) is 9.96 Å². The molecule has 1 aliphatic heterocycles. The van der Waals surface area contributed by atoms with Crippen LogP contribution in [0.3, 0.4) is 0 Å². The van der Waals surface area contributed by atoms with E-state index in [1.54, 1.807) is 24.6 Å². The van der Waals surface area contributed by atoms with Gasteiger partial charge in [-0.3, -0.25) is 4.31 Å². The molecule has 0 fully saturated rings. The Kier molecular flexibility index (Phi) is 3.67. The van der Waals surface area contributed by atoms with Crippen LogP contribution in [0.4, 0.5) is 5.69 Å². The first-order valence-electron chi connectivity index (χ1n) is 6.75. The van der Waals surface area contributed by atoms with Crippen molar-refractivity contribution in [3.05, 3.63) is 41.3 Å². The van der Waals surface area contributed by atoms with Crippen molar-refractivity contribution in [2.45, 2.75) is 17.6 Å². The molecule has 0 saturated carbocycles. The van der Waals surface area contributed by atoms with Crippen LogP contribution in [-0.4, -0.2) is 22.1 Å². The first-order chi connectivity index (χ1) is 10.0.